The Morgan fingerprint density at radius 3 is 2.29 bits per heavy atom. The molecule has 0 bridgehead atoms. The van der Waals surface area contributed by atoms with Crippen molar-refractivity contribution in [3.63, 3.8) is 0 Å². The van der Waals surface area contributed by atoms with Crippen molar-refractivity contribution < 1.29 is 13.6 Å². The lowest BCUT2D eigenvalue weighted by molar-refractivity contribution is 0.0959. The molecule has 2 heterocycles. The van der Waals surface area contributed by atoms with Crippen LogP contribution in [0.1, 0.15) is 84.8 Å². The molecule has 1 amide bonds. The zero-order valence-corrected chi connectivity index (χ0v) is 20.5. The zero-order chi connectivity index (χ0) is 25.1. The number of nitrogens with one attached hydrogen (secondary N) is 3. The Morgan fingerprint density at radius 2 is 1.71 bits per heavy atom. The summed E-state index contributed by atoms with van der Waals surface area (Å²) in [6.45, 7) is 13.5. The predicted molar refractivity (Wildman–Crippen MR) is 130 cm³/mol. The van der Waals surface area contributed by atoms with Crippen LogP contribution in [0, 0.1) is 32.0 Å². The SMILES string of the molecule is CCC(C)(C)[C@@H](Nc1c(Nc2c(F)cc(C)c3c2C(=O)NC3C)c(=O)c1=O)c1cc(C)c(C)o1. The summed E-state index contributed by atoms with van der Waals surface area (Å²) in [6, 6.07) is 2.55. The number of hydrogen-bond acceptors (Lipinski definition) is 6. The van der Waals surface area contributed by atoms with Crippen LogP contribution in [-0.2, 0) is 0 Å². The quantitative estimate of drug-likeness (QED) is 0.419. The number of benzene rings is 1. The van der Waals surface area contributed by atoms with Gasteiger partial charge in [0.05, 0.1) is 23.3 Å². The predicted octanol–water partition coefficient (Wildman–Crippen LogP) is 5.08. The van der Waals surface area contributed by atoms with E-state index < -0.39 is 28.6 Å². The summed E-state index contributed by atoms with van der Waals surface area (Å²) in [5, 5.41) is 8.76. The van der Waals surface area contributed by atoms with Crippen molar-refractivity contribution in [2.24, 2.45) is 5.41 Å². The number of rotatable bonds is 7. The maximum Gasteiger partial charge on any atom is 0.254 e. The van der Waals surface area contributed by atoms with Crippen molar-refractivity contribution in [1.29, 1.82) is 0 Å². The number of amides is 1. The second kappa shape index (κ2) is 8.11. The van der Waals surface area contributed by atoms with Crippen LogP contribution in [0.2, 0.25) is 0 Å². The van der Waals surface area contributed by atoms with E-state index in [2.05, 4.69) is 16.0 Å². The molecule has 0 radical (unpaired) electrons. The summed E-state index contributed by atoms with van der Waals surface area (Å²) in [6.07, 6.45) is 0.764. The number of fused-ring (bicyclic) bond motifs is 1. The van der Waals surface area contributed by atoms with E-state index in [0.29, 0.717) is 16.9 Å². The Morgan fingerprint density at radius 1 is 1.06 bits per heavy atom. The largest absolute Gasteiger partial charge is 0.464 e. The fourth-order valence-corrected chi connectivity index (χ4v) is 4.57. The normalized spacial score (nSPS) is 16.5. The van der Waals surface area contributed by atoms with E-state index in [1.165, 1.54) is 6.07 Å². The maximum absolute atomic E-state index is 15.0. The molecule has 34 heavy (non-hydrogen) atoms. The fourth-order valence-electron chi connectivity index (χ4n) is 4.57. The Balaban J connectivity index is 1.77. The molecule has 2 atom stereocenters. The van der Waals surface area contributed by atoms with E-state index in [0.717, 1.165) is 17.7 Å². The lowest BCUT2D eigenvalue weighted by Crippen LogP contribution is -2.40. The van der Waals surface area contributed by atoms with Crippen LogP contribution in [0.5, 0.6) is 0 Å². The van der Waals surface area contributed by atoms with Gasteiger partial charge in [0.2, 0.25) is 0 Å². The van der Waals surface area contributed by atoms with Crippen molar-refractivity contribution in [3.8, 4) is 0 Å². The Kier molecular flexibility index (Phi) is 5.66. The van der Waals surface area contributed by atoms with E-state index in [-0.39, 0.29) is 34.1 Å². The number of hydrogen-bond donors (Lipinski definition) is 3. The molecule has 180 valence electrons. The number of halogens is 1. The maximum atomic E-state index is 15.0. The average Bonchev–Trinajstić information content (AvgIpc) is 3.26. The Hall–Kier alpha value is -3.42. The van der Waals surface area contributed by atoms with E-state index in [9.17, 15) is 18.8 Å². The van der Waals surface area contributed by atoms with Gasteiger partial charge < -0.3 is 20.4 Å². The molecule has 1 aromatic heterocycles. The molecule has 2 aromatic carbocycles. The van der Waals surface area contributed by atoms with Crippen molar-refractivity contribution >= 4 is 23.0 Å². The third-order valence-electron chi connectivity index (χ3n) is 7.15. The van der Waals surface area contributed by atoms with Gasteiger partial charge in [-0.05, 0) is 68.4 Å². The highest BCUT2D eigenvalue weighted by Crippen LogP contribution is 2.42. The minimum atomic E-state index is -0.762. The van der Waals surface area contributed by atoms with Crippen LogP contribution >= 0.6 is 0 Å². The average molecular weight is 468 g/mol. The molecule has 0 fully saturated rings. The summed E-state index contributed by atoms with van der Waals surface area (Å²) in [4.78, 5) is 37.7. The second-order valence-corrected chi connectivity index (χ2v) is 9.87. The highest BCUT2D eigenvalue weighted by atomic mass is 19.1. The highest BCUT2D eigenvalue weighted by molar-refractivity contribution is 6.05. The molecule has 3 aromatic rings. The Bertz CT molecular complexity index is 1360. The van der Waals surface area contributed by atoms with Gasteiger partial charge in [-0.1, -0.05) is 20.8 Å². The van der Waals surface area contributed by atoms with Crippen LogP contribution in [0.3, 0.4) is 0 Å². The van der Waals surface area contributed by atoms with Crippen LogP contribution in [0.4, 0.5) is 21.5 Å². The molecule has 8 heteroatoms. The van der Waals surface area contributed by atoms with E-state index >= 15 is 0 Å². The van der Waals surface area contributed by atoms with Gasteiger partial charge >= 0.3 is 0 Å². The third kappa shape index (κ3) is 3.61. The second-order valence-electron chi connectivity index (χ2n) is 9.87. The summed E-state index contributed by atoms with van der Waals surface area (Å²) in [7, 11) is 0. The molecule has 0 saturated heterocycles. The fraction of sp³-hybridized carbons (Fsp3) is 0.423. The molecule has 0 aliphatic carbocycles. The third-order valence-corrected chi connectivity index (χ3v) is 7.15. The number of furan rings is 1. The number of carbonyl (C=O) groups is 1. The van der Waals surface area contributed by atoms with Gasteiger partial charge in [-0.2, -0.15) is 0 Å². The van der Waals surface area contributed by atoms with E-state index in [1.807, 2.05) is 47.6 Å². The number of anilines is 3. The minimum absolute atomic E-state index is 0.0563. The lowest BCUT2D eigenvalue weighted by atomic mass is 9.80. The molecule has 0 saturated carbocycles. The van der Waals surface area contributed by atoms with E-state index in [4.69, 9.17) is 4.42 Å². The van der Waals surface area contributed by atoms with Crippen molar-refractivity contribution in [2.75, 3.05) is 10.6 Å². The number of aryl methyl sites for hydroxylation is 3. The van der Waals surface area contributed by atoms with Crippen LogP contribution in [0.15, 0.2) is 26.1 Å². The van der Waals surface area contributed by atoms with Gasteiger partial charge in [-0.25, -0.2) is 4.39 Å². The topological polar surface area (TPSA) is 100 Å². The molecular formula is C26H30FN3O4. The molecule has 0 spiro atoms. The molecule has 4 rings (SSSR count). The molecule has 1 unspecified atom stereocenters. The first-order valence-corrected chi connectivity index (χ1v) is 11.4. The zero-order valence-electron chi connectivity index (χ0n) is 20.5. The van der Waals surface area contributed by atoms with E-state index in [1.54, 1.807) is 6.92 Å². The summed E-state index contributed by atoms with van der Waals surface area (Å²) in [5.74, 6) is 0.334. The van der Waals surface area contributed by atoms with Crippen LogP contribution in [0.25, 0.3) is 0 Å². The minimum Gasteiger partial charge on any atom is -0.464 e. The first-order valence-electron chi connectivity index (χ1n) is 11.4. The summed E-state index contributed by atoms with van der Waals surface area (Å²) < 4.78 is 21.0. The summed E-state index contributed by atoms with van der Waals surface area (Å²) in [5.41, 5.74) is 0.565. The van der Waals surface area contributed by atoms with Gasteiger partial charge in [-0.3, -0.25) is 14.4 Å². The van der Waals surface area contributed by atoms with Gasteiger partial charge in [-0.15, -0.1) is 0 Å². The molecule has 1 aliphatic rings. The van der Waals surface area contributed by atoms with Gasteiger partial charge in [0.15, 0.2) is 0 Å². The first-order chi connectivity index (χ1) is 15.9. The van der Waals surface area contributed by atoms with Crippen molar-refractivity contribution in [2.45, 2.75) is 67.0 Å². The number of carbonyl (C=O) groups excluding carboxylic acids is 1. The van der Waals surface area contributed by atoms with Gasteiger partial charge in [0, 0.05) is 0 Å². The highest BCUT2D eigenvalue weighted by Gasteiger charge is 2.37. The van der Waals surface area contributed by atoms with Crippen molar-refractivity contribution in [3.05, 3.63) is 72.2 Å². The van der Waals surface area contributed by atoms with Crippen molar-refractivity contribution in [1.82, 2.24) is 5.32 Å². The van der Waals surface area contributed by atoms with Crippen LogP contribution in [-0.4, -0.2) is 5.91 Å². The Labute approximate surface area is 197 Å². The monoisotopic (exact) mass is 467 g/mol. The standard InChI is InChI=1S/C26H30FN3O4/c1-8-26(6,7)24(16-10-11(2)14(5)34-16)30-21-20(22(31)23(21)32)29-19-15(27)9-12(3)17-13(4)28-25(33)18(17)19/h9-10,13,24,29-30H,8H2,1-7H3,(H,28,33)/t13?,24-/m0/s1. The molecule has 3 N–H and O–H groups in total. The first kappa shape index (κ1) is 23.7. The summed E-state index contributed by atoms with van der Waals surface area (Å²) >= 11 is 0. The molecule has 1 aliphatic heterocycles. The lowest BCUT2D eigenvalue weighted by Gasteiger charge is -2.34. The van der Waals surface area contributed by atoms with Gasteiger partial charge in [0.1, 0.15) is 28.7 Å². The van der Waals surface area contributed by atoms with Gasteiger partial charge in [0.25, 0.3) is 16.8 Å². The molecule has 7 nitrogen and oxygen atoms in total. The molecular weight excluding hydrogens is 437 g/mol. The smallest absolute Gasteiger partial charge is 0.254 e. The van der Waals surface area contributed by atoms with Crippen LogP contribution < -0.4 is 26.8 Å².